The number of fused-ring (bicyclic) bond motifs is 1. The molecular weight excluding hydrogens is 650 g/mol. The summed E-state index contributed by atoms with van der Waals surface area (Å²) in [6.45, 7) is 0.398. The molecule has 0 aliphatic heterocycles. The largest absolute Gasteiger partial charge is 0.360 e. The summed E-state index contributed by atoms with van der Waals surface area (Å²) in [5.74, 6) is 6.51. The zero-order valence-electron chi connectivity index (χ0n) is 28.1. The van der Waals surface area contributed by atoms with Crippen LogP contribution in [0.4, 0.5) is 0 Å². The van der Waals surface area contributed by atoms with Crippen molar-refractivity contribution in [1.82, 2.24) is 4.57 Å². The van der Waals surface area contributed by atoms with Crippen LogP contribution in [-0.2, 0) is 17.4 Å². The molecule has 0 radical (unpaired) electrons. The number of aromatic nitrogens is 1. The van der Waals surface area contributed by atoms with Crippen molar-refractivity contribution in [3.05, 3.63) is 213 Å². The van der Waals surface area contributed by atoms with E-state index in [1.54, 1.807) is 48.0 Å². The normalized spacial score (nSPS) is 11.2. The Hall–Kier alpha value is -5.99. The van der Waals surface area contributed by atoms with Crippen LogP contribution in [0.1, 0.15) is 44.6 Å². The highest BCUT2D eigenvalue weighted by Gasteiger charge is 2.37. The van der Waals surface area contributed by atoms with E-state index in [0.717, 1.165) is 44.3 Å². The van der Waals surface area contributed by atoms with E-state index in [4.69, 9.17) is 16.3 Å². The molecular formula is C46H34ClNO3. The van der Waals surface area contributed by atoms with E-state index in [-0.39, 0.29) is 11.3 Å². The fraction of sp³-hybridized carbons (Fsp3) is 0.0870. The molecule has 6 aromatic carbocycles. The highest BCUT2D eigenvalue weighted by atomic mass is 35.5. The van der Waals surface area contributed by atoms with Crippen molar-refractivity contribution in [2.75, 3.05) is 6.61 Å². The SMILES string of the molecule is Cn1c(=O)cc(-c2cccc(C#CCCOC(c3ccccc3)(c3ccccc3)c3ccccc3)c2)c2cc(C(=O)c3ccc(Cl)cc3)ccc21. The molecule has 0 N–H and O–H groups in total. The zero-order valence-corrected chi connectivity index (χ0v) is 28.8. The van der Waals surface area contributed by atoms with E-state index in [1.165, 1.54) is 0 Å². The Bertz CT molecular complexity index is 2350. The molecule has 0 amide bonds. The lowest BCUT2D eigenvalue weighted by Crippen LogP contribution is -2.33. The lowest BCUT2D eigenvalue weighted by Gasteiger charge is -2.35. The summed E-state index contributed by atoms with van der Waals surface area (Å²) >= 11 is 6.05. The van der Waals surface area contributed by atoms with E-state index in [2.05, 4.69) is 48.2 Å². The number of rotatable bonds is 9. The maximum absolute atomic E-state index is 13.4. The van der Waals surface area contributed by atoms with E-state index in [0.29, 0.717) is 29.2 Å². The molecule has 0 bridgehead atoms. The molecule has 0 saturated carbocycles. The Morgan fingerprint density at radius 3 is 1.88 bits per heavy atom. The quantitative estimate of drug-likeness (QED) is 0.0659. The number of nitrogens with zero attached hydrogens (tertiary/aromatic N) is 1. The number of ketones is 1. The van der Waals surface area contributed by atoms with Crippen molar-refractivity contribution in [1.29, 1.82) is 0 Å². The zero-order chi connectivity index (χ0) is 35.2. The van der Waals surface area contributed by atoms with Gasteiger partial charge in [0.1, 0.15) is 5.60 Å². The summed E-state index contributed by atoms with van der Waals surface area (Å²) in [4.78, 5) is 26.4. The number of halogens is 1. The number of aryl methyl sites for hydroxylation is 1. The molecule has 1 heterocycles. The maximum Gasteiger partial charge on any atom is 0.251 e. The number of hydrogen-bond donors (Lipinski definition) is 0. The number of carbonyl (C=O) groups is 1. The van der Waals surface area contributed by atoms with Gasteiger partial charge < -0.3 is 9.30 Å². The molecule has 5 heteroatoms. The van der Waals surface area contributed by atoms with Gasteiger partial charge in [-0.3, -0.25) is 9.59 Å². The Kier molecular flexibility index (Phi) is 9.76. The van der Waals surface area contributed by atoms with Crippen LogP contribution in [0, 0.1) is 11.8 Å². The average Bonchev–Trinajstić information content (AvgIpc) is 3.19. The van der Waals surface area contributed by atoms with Crippen LogP contribution < -0.4 is 5.56 Å². The molecule has 0 saturated heterocycles. The minimum atomic E-state index is -0.806. The second-order valence-corrected chi connectivity index (χ2v) is 12.7. The minimum absolute atomic E-state index is 0.119. The summed E-state index contributed by atoms with van der Waals surface area (Å²) < 4.78 is 8.48. The number of hydrogen-bond acceptors (Lipinski definition) is 3. The molecule has 0 atom stereocenters. The van der Waals surface area contributed by atoms with Gasteiger partial charge in [-0.05, 0) is 82.4 Å². The molecule has 0 fully saturated rings. The standard InChI is InChI=1S/C46H34ClNO3/c1-48-43-28-25-36(45(50)34-23-26-40(47)27-24-34)31-42(43)41(32-44(48)49)35-16-13-15-33(30-35)14-11-12-29-51-46(37-17-5-2-6-18-37,38-19-7-3-8-20-38)39-21-9-4-10-22-39/h2-10,13,15-28,30-32H,12,29H2,1H3. The fourth-order valence-electron chi connectivity index (χ4n) is 6.56. The third kappa shape index (κ3) is 6.91. The molecule has 0 spiro atoms. The molecule has 0 aliphatic rings. The maximum atomic E-state index is 13.4. The number of carbonyl (C=O) groups excluding carboxylic acids is 1. The third-order valence-corrected chi connectivity index (χ3v) is 9.36. The second-order valence-electron chi connectivity index (χ2n) is 12.3. The van der Waals surface area contributed by atoms with Crippen LogP contribution in [-0.4, -0.2) is 17.0 Å². The molecule has 0 unspecified atom stereocenters. The Morgan fingerprint density at radius 1 is 0.686 bits per heavy atom. The van der Waals surface area contributed by atoms with E-state index in [9.17, 15) is 9.59 Å². The second kappa shape index (κ2) is 14.9. The van der Waals surface area contributed by atoms with Gasteiger partial charge in [-0.1, -0.05) is 127 Å². The van der Waals surface area contributed by atoms with Gasteiger partial charge in [-0.2, -0.15) is 0 Å². The molecule has 7 aromatic rings. The predicted molar refractivity (Wildman–Crippen MR) is 206 cm³/mol. The van der Waals surface area contributed by atoms with E-state index < -0.39 is 5.60 Å². The predicted octanol–water partition coefficient (Wildman–Crippen LogP) is 9.84. The topological polar surface area (TPSA) is 48.3 Å². The van der Waals surface area contributed by atoms with Crippen LogP contribution in [0.15, 0.2) is 169 Å². The van der Waals surface area contributed by atoms with Gasteiger partial charge in [0, 0.05) is 46.6 Å². The van der Waals surface area contributed by atoms with E-state index in [1.807, 2.05) is 91.0 Å². The van der Waals surface area contributed by atoms with Gasteiger partial charge in [0.15, 0.2) is 5.78 Å². The molecule has 4 nitrogen and oxygen atoms in total. The van der Waals surface area contributed by atoms with Crippen LogP contribution in [0.2, 0.25) is 5.02 Å². The molecule has 1 aromatic heterocycles. The summed E-state index contributed by atoms with van der Waals surface area (Å²) in [5, 5.41) is 1.37. The van der Waals surface area contributed by atoms with Gasteiger partial charge in [0.05, 0.1) is 12.1 Å². The minimum Gasteiger partial charge on any atom is -0.360 e. The van der Waals surface area contributed by atoms with Crippen LogP contribution in [0.25, 0.3) is 22.0 Å². The summed E-state index contributed by atoms with van der Waals surface area (Å²) in [5.41, 5.74) is 6.39. The average molecular weight is 684 g/mol. The summed E-state index contributed by atoms with van der Waals surface area (Å²) in [6.07, 6.45) is 0.503. The first kappa shape index (κ1) is 33.5. The Labute approximate surface area is 302 Å². The van der Waals surface area contributed by atoms with Crippen molar-refractivity contribution in [3.63, 3.8) is 0 Å². The van der Waals surface area contributed by atoms with Crippen molar-refractivity contribution in [2.45, 2.75) is 12.0 Å². The van der Waals surface area contributed by atoms with Gasteiger partial charge in [0.25, 0.3) is 5.56 Å². The molecule has 248 valence electrons. The number of benzene rings is 6. The monoisotopic (exact) mass is 683 g/mol. The van der Waals surface area contributed by atoms with Gasteiger partial charge in [-0.25, -0.2) is 0 Å². The van der Waals surface area contributed by atoms with Crippen LogP contribution in [0.3, 0.4) is 0 Å². The lowest BCUT2D eigenvalue weighted by atomic mass is 9.80. The van der Waals surface area contributed by atoms with E-state index >= 15 is 0 Å². The highest BCUT2D eigenvalue weighted by Crippen LogP contribution is 2.40. The van der Waals surface area contributed by atoms with Crippen molar-refractivity contribution in [3.8, 4) is 23.0 Å². The van der Waals surface area contributed by atoms with Gasteiger partial charge in [0.2, 0.25) is 0 Å². The molecule has 0 aliphatic carbocycles. The lowest BCUT2D eigenvalue weighted by molar-refractivity contribution is 0.0165. The highest BCUT2D eigenvalue weighted by molar-refractivity contribution is 6.30. The Balaban J connectivity index is 1.18. The molecule has 7 rings (SSSR count). The van der Waals surface area contributed by atoms with Crippen LogP contribution in [0.5, 0.6) is 0 Å². The third-order valence-electron chi connectivity index (χ3n) is 9.11. The Morgan fingerprint density at radius 2 is 1.27 bits per heavy atom. The van der Waals surface area contributed by atoms with Crippen molar-refractivity contribution < 1.29 is 9.53 Å². The smallest absolute Gasteiger partial charge is 0.251 e. The number of ether oxygens (including phenoxy) is 1. The first-order valence-corrected chi connectivity index (χ1v) is 17.2. The number of pyridine rings is 1. The van der Waals surface area contributed by atoms with Crippen LogP contribution >= 0.6 is 11.6 Å². The summed E-state index contributed by atoms with van der Waals surface area (Å²) in [6, 6.07) is 52.6. The van der Waals surface area contributed by atoms with Gasteiger partial charge in [-0.15, -0.1) is 0 Å². The van der Waals surface area contributed by atoms with Gasteiger partial charge >= 0.3 is 0 Å². The van der Waals surface area contributed by atoms with Crippen molar-refractivity contribution >= 4 is 28.3 Å². The fourth-order valence-corrected chi connectivity index (χ4v) is 6.69. The first-order chi connectivity index (χ1) is 24.9. The molecule has 51 heavy (non-hydrogen) atoms. The van der Waals surface area contributed by atoms with Crippen molar-refractivity contribution in [2.24, 2.45) is 7.05 Å². The summed E-state index contributed by atoms with van der Waals surface area (Å²) in [7, 11) is 1.74. The first-order valence-electron chi connectivity index (χ1n) is 16.8.